The fourth-order valence-electron chi connectivity index (χ4n) is 5.97. The molecule has 1 unspecified atom stereocenters. The summed E-state index contributed by atoms with van der Waals surface area (Å²) >= 11 is 13.8. The average molecular weight is 718 g/mol. The molecule has 1 aliphatic rings. The lowest BCUT2D eigenvalue weighted by molar-refractivity contribution is -0.140. The van der Waals surface area contributed by atoms with E-state index in [1.807, 2.05) is 24.3 Å². The van der Waals surface area contributed by atoms with Crippen LogP contribution < -0.4 is 10.6 Å². The zero-order valence-corrected chi connectivity index (χ0v) is 28.6. The predicted octanol–water partition coefficient (Wildman–Crippen LogP) is 6.48. The molecule has 13 heteroatoms. The quantitative estimate of drug-likeness (QED) is 0.0973. The number of carboxylic acids is 1. The molecule has 1 aliphatic heterocycles. The summed E-state index contributed by atoms with van der Waals surface area (Å²) in [7, 11) is 0. The highest BCUT2D eigenvalue weighted by atomic mass is 35.5. The predicted molar refractivity (Wildman–Crippen MR) is 194 cm³/mol. The van der Waals surface area contributed by atoms with Gasteiger partial charge in [-0.3, -0.25) is 25.0 Å². The number of pyridine rings is 3. The number of benzene rings is 2. The van der Waals surface area contributed by atoms with Crippen LogP contribution in [-0.4, -0.2) is 73.0 Å². The summed E-state index contributed by atoms with van der Waals surface area (Å²) in [6.45, 7) is 3.46. The van der Waals surface area contributed by atoms with Crippen molar-refractivity contribution in [3.8, 4) is 11.1 Å². The van der Waals surface area contributed by atoms with Crippen molar-refractivity contribution in [3.05, 3.63) is 111 Å². The first-order chi connectivity index (χ1) is 24.1. The topological polar surface area (TPSA) is 144 Å². The number of nitrogens with one attached hydrogen (secondary N) is 2. The Morgan fingerprint density at radius 3 is 2.58 bits per heavy atom. The normalized spacial score (nSPS) is 14.7. The molecule has 6 rings (SSSR count). The van der Waals surface area contributed by atoms with Crippen molar-refractivity contribution in [2.75, 3.05) is 25.0 Å². The smallest absolute Gasteiger partial charge is 0.323 e. The number of rotatable bonds is 12. The van der Waals surface area contributed by atoms with E-state index in [4.69, 9.17) is 23.2 Å². The Morgan fingerprint density at radius 2 is 1.82 bits per heavy atom. The zero-order valence-electron chi connectivity index (χ0n) is 27.1. The lowest BCUT2D eigenvalue weighted by atomic mass is 9.99. The van der Waals surface area contributed by atoms with E-state index >= 15 is 4.39 Å². The number of carbonyl (C=O) groups is 1. The molecule has 2 aromatic carbocycles. The second-order valence-electron chi connectivity index (χ2n) is 12.2. The molecular formula is C37H35Cl2FN6O4. The van der Waals surface area contributed by atoms with Crippen LogP contribution in [0, 0.1) is 0 Å². The van der Waals surface area contributed by atoms with E-state index in [0.29, 0.717) is 56.8 Å². The summed E-state index contributed by atoms with van der Waals surface area (Å²) in [4.78, 5) is 26.8. The van der Waals surface area contributed by atoms with Gasteiger partial charge in [-0.1, -0.05) is 53.5 Å². The van der Waals surface area contributed by atoms with Gasteiger partial charge in [-0.2, -0.15) is 0 Å². The van der Waals surface area contributed by atoms with E-state index in [-0.39, 0.29) is 12.2 Å². The first kappa shape index (κ1) is 35.3. The van der Waals surface area contributed by atoms with Gasteiger partial charge < -0.3 is 20.6 Å². The molecule has 5 N–H and O–H groups in total. The van der Waals surface area contributed by atoms with Crippen molar-refractivity contribution in [3.63, 3.8) is 0 Å². The molecular weight excluding hydrogens is 682 g/mol. The van der Waals surface area contributed by atoms with Crippen molar-refractivity contribution >= 4 is 63.5 Å². The molecule has 0 spiro atoms. The molecule has 258 valence electrons. The number of β-amino-alcohol motifs (C(OH)–C–C–N with tert-alkyl or cyclic N) is 1. The molecule has 0 saturated carbocycles. The molecule has 0 amide bonds. The van der Waals surface area contributed by atoms with E-state index in [1.165, 1.54) is 6.08 Å². The van der Waals surface area contributed by atoms with Gasteiger partial charge in [-0.05, 0) is 65.9 Å². The number of aliphatic hydroxyl groups is 2. The Balaban J connectivity index is 1.23. The number of carboxylic acid groups (broad SMARTS) is 1. The molecule has 2 atom stereocenters. The number of hydrogen-bond donors (Lipinski definition) is 5. The van der Waals surface area contributed by atoms with Crippen molar-refractivity contribution in [2.45, 2.75) is 38.6 Å². The van der Waals surface area contributed by atoms with Crippen LogP contribution in [0.25, 0.3) is 33.9 Å². The van der Waals surface area contributed by atoms with Crippen molar-refractivity contribution in [2.24, 2.45) is 0 Å². The summed E-state index contributed by atoms with van der Waals surface area (Å²) in [5.74, 6) is -1.20. The largest absolute Gasteiger partial charge is 0.480 e. The Bertz CT molecular complexity index is 2080. The van der Waals surface area contributed by atoms with Crippen LogP contribution in [0.5, 0.6) is 0 Å². The standard InChI is InChI=1S/C37H35Cl2FN6O4/c1-21(48)18-46-11-9-23-14-31(43-17-26(23)19-46)29(40)13-24-4-2-5-27(33(24)38)28-6-3-7-30(34(28)39)45-36-35-25(8-10-41-36)12-22(16-44-35)15-42-32(20-47)37(49)50/h2-8,10,12-14,16-17,21,32,42,47-48H,9,11,15,18-20H2,1H3,(H,41,45)(H,49,50)/b29-13-/t21?,32-/m1/s1. The summed E-state index contributed by atoms with van der Waals surface area (Å²) in [5, 5.41) is 35.7. The molecule has 0 saturated heterocycles. The van der Waals surface area contributed by atoms with Gasteiger partial charge in [0.15, 0.2) is 5.82 Å². The first-order valence-corrected chi connectivity index (χ1v) is 16.8. The number of aromatic nitrogens is 3. The van der Waals surface area contributed by atoms with Gasteiger partial charge >= 0.3 is 5.97 Å². The minimum Gasteiger partial charge on any atom is -0.480 e. The fourth-order valence-corrected chi connectivity index (χ4v) is 6.53. The maximum atomic E-state index is 15.6. The van der Waals surface area contributed by atoms with Gasteiger partial charge in [-0.15, -0.1) is 0 Å². The number of anilines is 2. The molecule has 5 aromatic rings. The third-order valence-corrected chi connectivity index (χ3v) is 9.31. The van der Waals surface area contributed by atoms with E-state index in [1.54, 1.807) is 55.8 Å². The minimum atomic E-state index is -1.14. The van der Waals surface area contributed by atoms with E-state index in [9.17, 15) is 20.1 Å². The van der Waals surface area contributed by atoms with Crippen LogP contribution >= 0.6 is 23.2 Å². The lowest BCUT2D eigenvalue weighted by Gasteiger charge is -2.29. The van der Waals surface area contributed by atoms with Crippen LogP contribution in [-0.2, 0) is 24.3 Å². The van der Waals surface area contributed by atoms with Crippen LogP contribution in [0.2, 0.25) is 10.0 Å². The second-order valence-corrected chi connectivity index (χ2v) is 13.0. The highest BCUT2D eigenvalue weighted by Gasteiger charge is 2.20. The van der Waals surface area contributed by atoms with Crippen molar-refractivity contribution < 1.29 is 24.5 Å². The summed E-state index contributed by atoms with van der Waals surface area (Å²) in [6, 6.07) is 15.1. The average Bonchev–Trinajstić information content (AvgIpc) is 3.10. The van der Waals surface area contributed by atoms with E-state index in [2.05, 4.69) is 30.5 Å². The number of nitrogens with zero attached hydrogens (tertiary/aromatic N) is 4. The van der Waals surface area contributed by atoms with Gasteiger partial charge in [0.2, 0.25) is 0 Å². The SMILES string of the molecule is CC(O)CN1CCc2cc(/C(F)=C/c3cccc(-c4cccc(Nc5nccc6cc(CN[C@H](CO)C(=O)O)cnc56)c4Cl)c3Cl)ncc2C1. The number of hydrogen-bond acceptors (Lipinski definition) is 9. The lowest BCUT2D eigenvalue weighted by Crippen LogP contribution is -2.39. The Kier molecular flexibility index (Phi) is 11.0. The third-order valence-electron chi connectivity index (χ3n) is 8.48. The molecule has 0 radical (unpaired) electrons. The molecule has 3 aromatic heterocycles. The Labute approximate surface area is 298 Å². The highest BCUT2D eigenvalue weighted by molar-refractivity contribution is 6.39. The number of halogens is 3. The Hall–Kier alpha value is -4.49. The highest BCUT2D eigenvalue weighted by Crippen LogP contribution is 2.40. The van der Waals surface area contributed by atoms with Crippen LogP contribution in [0.1, 0.15) is 34.9 Å². The summed E-state index contributed by atoms with van der Waals surface area (Å²) < 4.78 is 15.6. The van der Waals surface area contributed by atoms with Crippen molar-refractivity contribution in [1.82, 2.24) is 25.2 Å². The second kappa shape index (κ2) is 15.6. The van der Waals surface area contributed by atoms with Gasteiger partial charge in [0, 0.05) is 61.3 Å². The molecule has 4 heterocycles. The third kappa shape index (κ3) is 7.94. The van der Waals surface area contributed by atoms with Crippen LogP contribution in [0.3, 0.4) is 0 Å². The molecule has 0 aliphatic carbocycles. The number of aliphatic hydroxyl groups excluding tert-OH is 2. The monoisotopic (exact) mass is 716 g/mol. The van der Waals surface area contributed by atoms with Gasteiger partial charge in [0.25, 0.3) is 0 Å². The molecule has 10 nitrogen and oxygen atoms in total. The van der Waals surface area contributed by atoms with E-state index < -0.39 is 30.5 Å². The van der Waals surface area contributed by atoms with Crippen LogP contribution in [0.15, 0.2) is 73.2 Å². The van der Waals surface area contributed by atoms with Gasteiger partial charge in [-0.25, -0.2) is 9.37 Å². The van der Waals surface area contributed by atoms with Crippen molar-refractivity contribution in [1.29, 1.82) is 0 Å². The minimum absolute atomic E-state index is 0.201. The van der Waals surface area contributed by atoms with E-state index in [0.717, 1.165) is 35.0 Å². The number of fused-ring (bicyclic) bond motifs is 2. The fraction of sp³-hybridized carbons (Fsp3) is 0.243. The molecule has 0 fully saturated rings. The number of aliphatic carboxylic acids is 1. The van der Waals surface area contributed by atoms with Gasteiger partial charge in [0.05, 0.1) is 34.1 Å². The first-order valence-electron chi connectivity index (χ1n) is 16.0. The summed E-state index contributed by atoms with van der Waals surface area (Å²) in [6.07, 6.45) is 6.64. The maximum Gasteiger partial charge on any atom is 0.323 e. The zero-order chi connectivity index (χ0) is 35.4. The van der Waals surface area contributed by atoms with Crippen LogP contribution in [0.4, 0.5) is 15.9 Å². The summed E-state index contributed by atoms with van der Waals surface area (Å²) in [5.41, 5.74) is 5.86. The molecule has 50 heavy (non-hydrogen) atoms. The molecule has 0 bridgehead atoms. The maximum absolute atomic E-state index is 15.6. The Morgan fingerprint density at radius 1 is 1.04 bits per heavy atom. The van der Waals surface area contributed by atoms with Gasteiger partial charge in [0.1, 0.15) is 17.4 Å².